The summed E-state index contributed by atoms with van der Waals surface area (Å²) in [7, 11) is 0. The van der Waals surface area contributed by atoms with Crippen molar-refractivity contribution in [3.05, 3.63) is 23.8 Å². The van der Waals surface area contributed by atoms with E-state index in [1.165, 1.54) is 0 Å². The first-order valence-corrected chi connectivity index (χ1v) is 8.74. The number of aryl methyl sites for hydroxylation is 1. The number of amides is 2. The molecule has 1 aromatic rings. The van der Waals surface area contributed by atoms with Gasteiger partial charge in [0.2, 0.25) is 0 Å². The number of nitrogens with one attached hydrogen (secondary N) is 2. The molecule has 7 heteroatoms. The van der Waals surface area contributed by atoms with Crippen LogP contribution in [0, 0.1) is 12.8 Å². The molecule has 2 aliphatic heterocycles. The fourth-order valence-corrected chi connectivity index (χ4v) is 2.78. The van der Waals surface area contributed by atoms with E-state index < -0.39 is 0 Å². The Hall–Kier alpha value is -2.28. The lowest BCUT2D eigenvalue weighted by molar-refractivity contribution is 0.0496. The van der Waals surface area contributed by atoms with Crippen molar-refractivity contribution < 1.29 is 19.1 Å². The van der Waals surface area contributed by atoms with Crippen molar-refractivity contribution in [3.8, 4) is 5.75 Å². The lowest BCUT2D eigenvalue weighted by Crippen LogP contribution is -2.32. The average molecular weight is 347 g/mol. The maximum atomic E-state index is 12.0. The first-order chi connectivity index (χ1) is 12.2. The second-order valence-electron chi connectivity index (χ2n) is 6.40. The zero-order chi connectivity index (χ0) is 17.5. The van der Waals surface area contributed by atoms with Gasteiger partial charge in [-0.05, 0) is 37.3 Å². The first kappa shape index (κ1) is 17.5. The number of carbonyl (C=O) groups is 1. The molecule has 0 aliphatic carbocycles. The van der Waals surface area contributed by atoms with Gasteiger partial charge in [0.15, 0.2) is 0 Å². The quantitative estimate of drug-likeness (QED) is 0.829. The Labute approximate surface area is 147 Å². The summed E-state index contributed by atoms with van der Waals surface area (Å²) >= 11 is 0. The number of anilines is 1. The predicted octanol–water partition coefficient (Wildman–Crippen LogP) is 2.70. The third-order valence-corrected chi connectivity index (χ3v) is 4.39. The van der Waals surface area contributed by atoms with Gasteiger partial charge in [-0.3, -0.25) is 0 Å². The Balaban J connectivity index is 1.50. The van der Waals surface area contributed by atoms with Gasteiger partial charge in [0.1, 0.15) is 12.4 Å². The molecule has 2 heterocycles. The van der Waals surface area contributed by atoms with Crippen molar-refractivity contribution in [1.29, 1.82) is 0 Å². The van der Waals surface area contributed by atoms with Crippen LogP contribution in [0.3, 0.4) is 0 Å². The van der Waals surface area contributed by atoms with E-state index in [0.717, 1.165) is 49.5 Å². The lowest BCUT2D eigenvalue weighted by atomic mass is 10.0. The van der Waals surface area contributed by atoms with Crippen LogP contribution in [0.2, 0.25) is 0 Å². The number of hydrogen-bond acceptors (Lipinski definition) is 5. The van der Waals surface area contributed by atoms with Crippen LogP contribution >= 0.6 is 0 Å². The summed E-state index contributed by atoms with van der Waals surface area (Å²) in [6.07, 6.45) is 2.83. The predicted molar refractivity (Wildman–Crippen MR) is 95.2 cm³/mol. The Morgan fingerprint density at radius 2 is 2.16 bits per heavy atom. The van der Waals surface area contributed by atoms with Gasteiger partial charge in [0.05, 0.1) is 18.9 Å². The van der Waals surface area contributed by atoms with Crippen LogP contribution in [-0.4, -0.2) is 44.7 Å². The fourth-order valence-electron chi connectivity index (χ4n) is 2.78. The van der Waals surface area contributed by atoms with Crippen LogP contribution in [0.15, 0.2) is 23.4 Å². The van der Waals surface area contributed by atoms with E-state index in [2.05, 4.69) is 15.8 Å². The smallest absolute Gasteiger partial charge is 0.319 e. The van der Waals surface area contributed by atoms with Crippen LogP contribution < -0.4 is 15.4 Å². The summed E-state index contributed by atoms with van der Waals surface area (Å²) in [4.78, 5) is 16.9. The molecule has 0 unspecified atom stereocenters. The topological polar surface area (TPSA) is 81.2 Å². The lowest BCUT2D eigenvalue weighted by Gasteiger charge is -2.22. The van der Waals surface area contributed by atoms with Crippen molar-refractivity contribution in [3.63, 3.8) is 0 Å². The molecule has 0 spiro atoms. The number of ether oxygens (including phenoxy) is 2. The fraction of sp³-hybridized carbons (Fsp3) is 0.556. The number of rotatable bonds is 6. The van der Waals surface area contributed by atoms with Crippen LogP contribution in [0.25, 0.3) is 0 Å². The standard InChI is InChI=1S/C18H25N3O4/c1-13-2-3-15(20-18(22)19-11-16-6-9-25-21-16)10-17(13)24-12-14-4-7-23-8-5-14/h2-3,10,14H,4-9,11-12H2,1H3,(H2,19,20,22). The van der Waals surface area contributed by atoms with Crippen molar-refractivity contribution in [2.75, 3.05) is 38.3 Å². The minimum Gasteiger partial charge on any atom is -0.493 e. The van der Waals surface area contributed by atoms with Gasteiger partial charge in [-0.2, -0.15) is 0 Å². The van der Waals surface area contributed by atoms with Gasteiger partial charge < -0.3 is 24.9 Å². The van der Waals surface area contributed by atoms with Gasteiger partial charge in [-0.1, -0.05) is 11.2 Å². The molecule has 1 saturated heterocycles. The Morgan fingerprint density at radius 1 is 1.32 bits per heavy atom. The monoisotopic (exact) mass is 347 g/mol. The molecule has 0 radical (unpaired) electrons. The summed E-state index contributed by atoms with van der Waals surface area (Å²) < 4.78 is 11.3. The van der Waals surface area contributed by atoms with E-state index in [0.29, 0.717) is 31.4 Å². The minimum atomic E-state index is -0.270. The van der Waals surface area contributed by atoms with E-state index >= 15 is 0 Å². The van der Waals surface area contributed by atoms with Gasteiger partial charge in [-0.25, -0.2) is 4.79 Å². The zero-order valence-electron chi connectivity index (χ0n) is 14.5. The molecule has 7 nitrogen and oxygen atoms in total. The number of benzene rings is 1. The number of hydrogen-bond donors (Lipinski definition) is 2. The van der Waals surface area contributed by atoms with Crippen LogP contribution in [0.1, 0.15) is 24.8 Å². The van der Waals surface area contributed by atoms with Crippen molar-refractivity contribution in [2.45, 2.75) is 26.2 Å². The van der Waals surface area contributed by atoms with E-state index in [1.807, 2.05) is 25.1 Å². The summed E-state index contributed by atoms with van der Waals surface area (Å²) in [5.41, 5.74) is 2.60. The second-order valence-corrected chi connectivity index (χ2v) is 6.40. The molecule has 0 bridgehead atoms. The highest BCUT2D eigenvalue weighted by Crippen LogP contribution is 2.24. The summed E-state index contributed by atoms with van der Waals surface area (Å²) in [6.45, 7) is 5.28. The van der Waals surface area contributed by atoms with Crippen LogP contribution in [0.5, 0.6) is 5.75 Å². The molecule has 2 amide bonds. The normalized spacial score (nSPS) is 17.6. The average Bonchev–Trinajstić information content (AvgIpc) is 3.15. The third kappa shape index (κ3) is 5.35. The van der Waals surface area contributed by atoms with Crippen molar-refractivity contribution in [2.24, 2.45) is 11.1 Å². The van der Waals surface area contributed by atoms with Crippen molar-refractivity contribution in [1.82, 2.24) is 5.32 Å². The largest absolute Gasteiger partial charge is 0.493 e. The van der Waals surface area contributed by atoms with Gasteiger partial charge >= 0.3 is 6.03 Å². The molecule has 2 N–H and O–H groups in total. The Kier molecular flexibility index (Phi) is 6.11. The first-order valence-electron chi connectivity index (χ1n) is 8.74. The molecule has 3 rings (SSSR count). The van der Waals surface area contributed by atoms with E-state index in [4.69, 9.17) is 14.3 Å². The van der Waals surface area contributed by atoms with Gasteiger partial charge in [0, 0.05) is 31.4 Å². The highest BCUT2D eigenvalue weighted by atomic mass is 16.6. The zero-order valence-corrected chi connectivity index (χ0v) is 14.5. The Morgan fingerprint density at radius 3 is 2.92 bits per heavy atom. The third-order valence-electron chi connectivity index (χ3n) is 4.39. The maximum absolute atomic E-state index is 12.0. The molecule has 2 aliphatic rings. The summed E-state index contributed by atoms with van der Waals surface area (Å²) in [5, 5.41) is 9.46. The molecule has 1 fully saturated rings. The molecule has 0 aromatic heterocycles. The van der Waals surface area contributed by atoms with Crippen molar-refractivity contribution >= 4 is 17.4 Å². The molecule has 0 atom stereocenters. The Bertz CT molecular complexity index is 627. The second kappa shape index (κ2) is 8.71. The molecule has 25 heavy (non-hydrogen) atoms. The maximum Gasteiger partial charge on any atom is 0.319 e. The number of nitrogens with zero attached hydrogens (tertiary/aromatic N) is 1. The van der Waals surface area contributed by atoms with Gasteiger partial charge in [-0.15, -0.1) is 0 Å². The summed E-state index contributed by atoms with van der Waals surface area (Å²) in [5.74, 6) is 1.33. The van der Waals surface area contributed by atoms with E-state index in [9.17, 15) is 4.79 Å². The highest BCUT2D eigenvalue weighted by Gasteiger charge is 2.15. The minimum absolute atomic E-state index is 0.270. The SMILES string of the molecule is Cc1ccc(NC(=O)NCC2=NOCC2)cc1OCC1CCOCC1. The van der Waals surface area contributed by atoms with E-state index in [1.54, 1.807) is 0 Å². The van der Waals surface area contributed by atoms with Crippen LogP contribution in [-0.2, 0) is 9.57 Å². The van der Waals surface area contributed by atoms with Crippen LogP contribution in [0.4, 0.5) is 10.5 Å². The summed E-state index contributed by atoms with van der Waals surface area (Å²) in [6, 6.07) is 5.41. The number of carbonyl (C=O) groups excluding carboxylic acids is 1. The molecular formula is C18H25N3O4. The van der Waals surface area contributed by atoms with E-state index in [-0.39, 0.29) is 6.03 Å². The number of oxime groups is 1. The highest BCUT2D eigenvalue weighted by molar-refractivity contribution is 5.94. The molecule has 1 aromatic carbocycles. The molecule has 136 valence electrons. The van der Waals surface area contributed by atoms with Gasteiger partial charge in [0.25, 0.3) is 0 Å². The molecule has 0 saturated carbocycles. The molecular weight excluding hydrogens is 322 g/mol. The number of urea groups is 1.